The lowest BCUT2D eigenvalue weighted by Gasteiger charge is -2.30. The number of nitrogens with zero attached hydrogens (tertiary/aromatic N) is 2. The summed E-state index contributed by atoms with van der Waals surface area (Å²) in [7, 11) is 0. The first-order valence-electron chi connectivity index (χ1n) is 10.0. The van der Waals surface area contributed by atoms with E-state index in [0.29, 0.717) is 11.3 Å². The molecule has 2 aliphatic heterocycles. The van der Waals surface area contributed by atoms with Crippen LogP contribution in [0.15, 0.2) is 23.9 Å². The predicted molar refractivity (Wildman–Crippen MR) is 102 cm³/mol. The summed E-state index contributed by atoms with van der Waals surface area (Å²) in [5.41, 5.74) is 4.47. The van der Waals surface area contributed by atoms with Crippen LogP contribution in [0.1, 0.15) is 61.6 Å². The summed E-state index contributed by atoms with van der Waals surface area (Å²) >= 11 is 0. The zero-order valence-electron chi connectivity index (χ0n) is 15.9. The predicted octanol–water partition coefficient (Wildman–Crippen LogP) is 3.81. The van der Waals surface area contributed by atoms with Gasteiger partial charge in [-0.3, -0.25) is 14.5 Å². The fraction of sp³-hybridized carbons (Fsp3) is 0.545. The van der Waals surface area contributed by atoms with Crippen molar-refractivity contribution < 1.29 is 9.59 Å². The molecular formula is C22H28N2O2. The highest BCUT2D eigenvalue weighted by Gasteiger charge is 2.45. The Kier molecular flexibility index (Phi) is 4.60. The van der Waals surface area contributed by atoms with E-state index in [2.05, 4.69) is 17.9 Å². The smallest absolute Gasteiger partial charge is 0.278 e. The zero-order chi connectivity index (χ0) is 18.3. The lowest BCUT2D eigenvalue weighted by atomic mass is 9.94. The van der Waals surface area contributed by atoms with Gasteiger partial charge in [0.05, 0.1) is 5.57 Å². The molecule has 1 aromatic carbocycles. The van der Waals surface area contributed by atoms with Crippen molar-refractivity contribution in [2.24, 2.45) is 0 Å². The van der Waals surface area contributed by atoms with Crippen molar-refractivity contribution in [2.75, 3.05) is 13.1 Å². The molecule has 2 fully saturated rings. The van der Waals surface area contributed by atoms with E-state index in [1.165, 1.54) is 12.0 Å². The summed E-state index contributed by atoms with van der Waals surface area (Å²) in [6.45, 7) is 5.85. The Balaban J connectivity index is 1.79. The topological polar surface area (TPSA) is 40.6 Å². The molecule has 4 rings (SSSR count). The summed E-state index contributed by atoms with van der Waals surface area (Å²) in [5, 5.41) is 0. The molecule has 0 spiro atoms. The van der Waals surface area contributed by atoms with Crippen molar-refractivity contribution in [3.05, 3.63) is 40.6 Å². The van der Waals surface area contributed by atoms with E-state index in [1.807, 2.05) is 19.1 Å². The van der Waals surface area contributed by atoms with Gasteiger partial charge in [-0.05, 0) is 50.7 Å². The first-order chi connectivity index (χ1) is 12.6. The number of carbonyl (C=O) groups excluding carboxylic acids is 2. The Labute approximate surface area is 155 Å². The van der Waals surface area contributed by atoms with Crippen LogP contribution in [-0.4, -0.2) is 40.7 Å². The molecule has 1 aromatic rings. The second-order valence-electron chi connectivity index (χ2n) is 8.01. The van der Waals surface area contributed by atoms with Crippen molar-refractivity contribution in [3.63, 3.8) is 0 Å². The number of carbonyl (C=O) groups is 2. The summed E-state index contributed by atoms with van der Waals surface area (Å²) in [6.07, 6.45) is 7.52. The molecule has 1 aliphatic carbocycles. The molecule has 0 unspecified atom stereocenters. The summed E-state index contributed by atoms with van der Waals surface area (Å²) in [6, 6.07) is 6.23. The van der Waals surface area contributed by atoms with E-state index in [0.717, 1.165) is 62.7 Å². The molecule has 1 saturated carbocycles. The zero-order valence-corrected chi connectivity index (χ0v) is 15.9. The third-order valence-electron chi connectivity index (χ3n) is 6.10. The molecule has 26 heavy (non-hydrogen) atoms. The Hall–Kier alpha value is -2.10. The second kappa shape index (κ2) is 6.90. The average Bonchev–Trinajstić information content (AvgIpc) is 3.22. The number of benzene rings is 1. The van der Waals surface area contributed by atoms with Crippen LogP contribution in [0.25, 0.3) is 5.57 Å². The standard InChI is InChI=1S/C22H28N2O2/c1-15-10-11-18(16(2)14-15)19-20(23-12-6-7-13-23)22(26)24(21(19)25)17-8-4-3-5-9-17/h10-11,14,17H,3-9,12-13H2,1-2H3. The molecule has 4 heteroatoms. The molecule has 0 radical (unpaired) electrons. The molecule has 0 bridgehead atoms. The van der Waals surface area contributed by atoms with Crippen LogP contribution in [0, 0.1) is 13.8 Å². The summed E-state index contributed by atoms with van der Waals surface area (Å²) in [5.74, 6) is -0.130. The average molecular weight is 352 g/mol. The highest BCUT2D eigenvalue weighted by atomic mass is 16.2. The van der Waals surface area contributed by atoms with Gasteiger partial charge < -0.3 is 4.90 Å². The van der Waals surface area contributed by atoms with Crippen LogP contribution in [0.3, 0.4) is 0 Å². The Morgan fingerprint density at radius 3 is 2.23 bits per heavy atom. The van der Waals surface area contributed by atoms with Crippen molar-refractivity contribution in [1.29, 1.82) is 0 Å². The second-order valence-corrected chi connectivity index (χ2v) is 8.01. The third-order valence-corrected chi connectivity index (χ3v) is 6.10. The van der Waals surface area contributed by atoms with Gasteiger partial charge in [0.1, 0.15) is 5.70 Å². The number of imide groups is 1. The van der Waals surface area contributed by atoms with Gasteiger partial charge in [-0.15, -0.1) is 0 Å². The minimum Gasteiger partial charge on any atom is -0.366 e. The number of aryl methyl sites for hydroxylation is 2. The van der Waals surface area contributed by atoms with E-state index in [9.17, 15) is 9.59 Å². The van der Waals surface area contributed by atoms with Crippen LogP contribution in [-0.2, 0) is 9.59 Å². The molecule has 138 valence electrons. The number of hydrogen-bond acceptors (Lipinski definition) is 3. The van der Waals surface area contributed by atoms with Gasteiger partial charge in [0.25, 0.3) is 11.8 Å². The SMILES string of the molecule is Cc1ccc(C2=C(N3CCCC3)C(=O)N(C3CCCCC3)C2=O)c(C)c1. The molecule has 2 heterocycles. The third kappa shape index (κ3) is 2.85. The Morgan fingerprint density at radius 2 is 1.58 bits per heavy atom. The van der Waals surface area contributed by atoms with Gasteiger partial charge in [0, 0.05) is 19.1 Å². The molecule has 0 N–H and O–H groups in total. The van der Waals surface area contributed by atoms with Crippen LogP contribution >= 0.6 is 0 Å². The fourth-order valence-corrected chi connectivity index (χ4v) is 4.78. The summed E-state index contributed by atoms with van der Waals surface area (Å²) in [4.78, 5) is 30.6. The lowest BCUT2D eigenvalue weighted by Crippen LogP contribution is -2.43. The maximum atomic E-state index is 13.4. The van der Waals surface area contributed by atoms with Crippen molar-refractivity contribution >= 4 is 17.4 Å². The highest BCUT2D eigenvalue weighted by molar-refractivity contribution is 6.36. The van der Waals surface area contributed by atoms with Crippen molar-refractivity contribution in [3.8, 4) is 0 Å². The van der Waals surface area contributed by atoms with Crippen LogP contribution in [0.4, 0.5) is 0 Å². The minimum atomic E-state index is -0.0734. The largest absolute Gasteiger partial charge is 0.366 e. The molecule has 2 amide bonds. The Bertz CT molecular complexity index is 768. The van der Waals surface area contributed by atoms with E-state index in [4.69, 9.17) is 0 Å². The number of amides is 2. The van der Waals surface area contributed by atoms with E-state index < -0.39 is 0 Å². The van der Waals surface area contributed by atoms with Crippen LogP contribution in [0.2, 0.25) is 0 Å². The maximum absolute atomic E-state index is 13.4. The highest BCUT2D eigenvalue weighted by Crippen LogP contribution is 2.38. The fourth-order valence-electron chi connectivity index (χ4n) is 4.78. The van der Waals surface area contributed by atoms with Gasteiger partial charge in [-0.25, -0.2) is 0 Å². The van der Waals surface area contributed by atoms with Crippen molar-refractivity contribution in [2.45, 2.75) is 64.8 Å². The number of hydrogen-bond donors (Lipinski definition) is 0. The van der Waals surface area contributed by atoms with Gasteiger partial charge >= 0.3 is 0 Å². The normalized spacial score (nSPS) is 22.1. The van der Waals surface area contributed by atoms with Gasteiger partial charge in [0.2, 0.25) is 0 Å². The van der Waals surface area contributed by atoms with Gasteiger partial charge in [-0.2, -0.15) is 0 Å². The molecule has 1 saturated heterocycles. The molecule has 0 atom stereocenters. The summed E-state index contributed by atoms with van der Waals surface area (Å²) < 4.78 is 0. The van der Waals surface area contributed by atoms with E-state index in [-0.39, 0.29) is 17.9 Å². The lowest BCUT2D eigenvalue weighted by molar-refractivity contribution is -0.140. The first-order valence-corrected chi connectivity index (χ1v) is 10.0. The van der Waals surface area contributed by atoms with Crippen molar-refractivity contribution in [1.82, 2.24) is 9.80 Å². The molecular weight excluding hydrogens is 324 g/mol. The Morgan fingerprint density at radius 1 is 0.885 bits per heavy atom. The molecule has 3 aliphatic rings. The molecule has 4 nitrogen and oxygen atoms in total. The van der Waals surface area contributed by atoms with Crippen LogP contribution < -0.4 is 0 Å². The maximum Gasteiger partial charge on any atom is 0.278 e. The van der Waals surface area contributed by atoms with Crippen LogP contribution in [0.5, 0.6) is 0 Å². The molecule has 0 aromatic heterocycles. The number of likely N-dealkylation sites (tertiary alicyclic amines) is 1. The minimum absolute atomic E-state index is 0.0567. The monoisotopic (exact) mass is 352 g/mol. The van der Waals surface area contributed by atoms with E-state index in [1.54, 1.807) is 4.90 Å². The quantitative estimate of drug-likeness (QED) is 0.777. The van der Waals surface area contributed by atoms with Gasteiger partial charge in [0.15, 0.2) is 0 Å². The number of rotatable bonds is 3. The first kappa shape index (κ1) is 17.3. The van der Waals surface area contributed by atoms with Gasteiger partial charge in [-0.1, -0.05) is 43.0 Å². The van der Waals surface area contributed by atoms with E-state index >= 15 is 0 Å².